The Labute approximate surface area is 123 Å². The minimum absolute atomic E-state index is 0.516. The molecule has 1 heterocycles. The molecule has 0 saturated heterocycles. The summed E-state index contributed by atoms with van der Waals surface area (Å²) in [5.41, 5.74) is 4.38. The number of aryl methyl sites for hydroxylation is 2. The molecule has 106 valence electrons. The van der Waals surface area contributed by atoms with E-state index in [2.05, 4.69) is 34.6 Å². The molecule has 0 saturated carbocycles. The highest BCUT2D eigenvalue weighted by Gasteiger charge is 2.10. The highest BCUT2D eigenvalue weighted by Crippen LogP contribution is 2.21. The van der Waals surface area contributed by atoms with Crippen LogP contribution in [-0.2, 0) is 6.54 Å². The molecule has 1 N–H and O–H groups in total. The van der Waals surface area contributed by atoms with E-state index < -0.39 is 0 Å². The van der Waals surface area contributed by atoms with Crippen molar-refractivity contribution in [3.63, 3.8) is 0 Å². The van der Waals surface area contributed by atoms with Gasteiger partial charge in [0.15, 0.2) is 0 Å². The second-order valence-electron chi connectivity index (χ2n) is 5.04. The molecule has 0 radical (unpaired) electrons. The molecule has 0 aliphatic carbocycles. The highest BCUT2D eigenvalue weighted by atomic mass is 16.4. The summed E-state index contributed by atoms with van der Waals surface area (Å²) >= 11 is 0. The molecule has 0 atom stereocenters. The summed E-state index contributed by atoms with van der Waals surface area (Å²) in [5.74, 6) is 1.14. The number of aromatic nitrogens is 2. The largest absolute Gasteiger partial charge is 0.419 e. The number of rotatable bonds is 4. The Kier molecular flexibility index (Phi) is 3.69. The van der Waals surface area contributed by atoms with Crippen molar-refractivity contribution >= 4 is 5.69 Å². The predicted molar refractivity (Wildman–Crippen MR) is 83.0 cm³/mol. The van der Waals surface area contributed by atoms with Crippen molar-refractivity contribution in [2.75, 3.05) is 5.32 Å². The number of hydrogen-bond donors (Lipinski definition) is 1. The fourth-order valence-electron chi connectivity index (χ4n) is 2.10. The molecule has 2 aromatic carbocycles. The third kappa shape index (κ3) is 3.11. The van der Waals surface area contributed by atoms with Crippen molar-refractivity contribution in [1.29, 1.82) is 0 Å². The highest BCUT2D eigenvalue weighted by molar-refractivity contribution is 5.57. The fraction of sp³-hybridized carbons (Fsp3) is 0.176. The molecular formula is C17H17N3O. The van der Waals surface area contributed by atoms with Gasteiger partial charge in [-0.2, -0.15) is 0 Å². The zero-order valence-electron chi connectivity index (χ0n) is 12.1. The van der Waals surface area contributed by atoms with E-state index in [9.17, 15) is 0 Å². The average molecular weight is 279 g/mol. The van der Waals surface area contributed by atoms with Gasteiger partial charge in [0.25, 0.3) is 0 Å². The first-order valence-corrected chi connectivity index (χ1v) is 6.91. The van der Waals surface area contributed by atoms with Crippen LogP contribution in [0.4, 0.5) is 5.69 Å². The van der Waals surface area contributed by atoms with Crippen LogP contribution in [0.3, 0.4) is 0 Å². The lowest BCUT2D eigenvalue weighted by molar-refractivity contribution is 0.514. The SMILES string of the molecule is Cc1ccc(NCc2nnc(-c3ccccc3C)o2)cc1. The van der Waals surface area contributed by atoms with E-state index in [1.54, 1.807) is 0 Å². The number of anilines is 1. The minimum atomic E-state index is 0.516. The molecule has 0 fully saturated rings. The smallest absolute Gasteiger partial charge is 0.248 e. The molecule has 3 rings (SSSR count). The topological polar surface area (TPSA) is 51.0 Å². The lowest BCUT2D eigenvalue weighted by Gasteiger charge is -2.03. The molecule has 0 aliphatic rings. The molecule has 21 heavy (non-hydrogen) atoms. The van der Waals surface area contributed by atoms with Gasteiger partial charge in [-0.25, -0.2) is 0 Å². The standard InChI is InChI=1S/C17H17N3O/c1-12-7-9-14(10-8-12)18-11-16-19-20-17(21-16)15-6-4-3-5-13(15)2/h3-10,18H,11H2,1-2H3. The molecule has 3 aromatic rings. The first kappa shape index (κ1) is 13.4. The van der Waals surface area contributed by atoms with Crippen molar-refractivity contribution in [2.45, 2.75) is 20.4 Å². The van der Waals surface area contributed by atoms with Crippen LogP contribution < -0.4 is 5.32 Å². The van der Waals surface area contributed by atoms with E-state index in [1.165, 1.54) is 5.56 Å². The van der Waals surface area contributed by atoms with Gasteiger partial charge in [0.1, 0.15) is 0 Å². The summed E-state index contributed by atoms with van der Waals surface area (Å²) in [6.45, 7) is 4.61. The molecule has 0 amide bonds. The maximum Gasteiger partial charge on any atom is 0.248 e. The van der Waals surface area contributed by atoms with Gasteiger partial charge in [-0.1, -0.05) is 35.9 Å². The van der Waals surface area contributed by atoms with Crippen LogP contribution in [0.5, 0.6) is 0 Å². The van der Waals surface area contributed by atoms with Crippen LogP contribution >= 0.6 is 0 Å². The van der Waals surface area contributed by atoms with Crippen molar-refractivity contribution < 1.29 is 4.42 Å². The molecule has 4 nitrogen and oxygen atoms in total. The summed E-state index contributed by atoms with van der Waals surface area (Å²) in [4.78, 5) is 0. The Morgan fingerprint density at radius 3 is 2.48 bits per heavy atom. The number of nitrogens with zero attached hydrogens (tertiary/aromatic N) is 2. The number of benzene rings is 2. The summed E-state index contributed by atoms with van der Waals surface area (Å²) in [5, 5.41) is 11.5. The zero-order chi connectivity index (χ0) is 14.7. The van der Waals surface area contributed by atoms with Crippen LogP contribution in [0.15, 0.2) is 52.9 Å². The van der Waals surface area contributed by atoms with Crippen LogP contribution in [-0.4, -0.2) is 10.2 Å². The summed E-state index contributed by atoms with van der Waals surface area (Å²) in [6.07, 6.45) is 0. The third-order valence-electron chi connectivity index (χ3n) is 3.34. The van der Waals surface area contributed by atoms with E-state index in [-0.39, 0.29) is 0 Å². The van der Waals surface area contributed by atoms with Crippen LogP contribution in [0, 0.1) is 13.8 Å². The Morgan fingerprint density at radius 2 is 1.71 bits per heavy atom. The molecule has 0 bridgehead atoms. The molecular weight excluding hydrogens is 262 g/mol. The Morgan fingerprint density at radius 1 is 0.952 bits per heavy atom. The van der Waals surface area contributed by atoms with Crippen LogP contribution in [0.1, 0.15) is 17.0 Å². The summed E-state index contributed by atoms with van der Waals surface area (Å²) in [6, 6.07) is 16.2. The molecule has 0 unspecified atom stereocenters. The normalized spacial score (nSPS) is 10.6. The van der Waals surface area contributed by atoms with Crippen molar-refractivity contribution in [3.8, 4) is 11.5 Å². The van der Waals surface area contributed by atoms with Gasteiger partial charge in [0.05, 0.1) is 6.54 Å². The van der Waals surface area contributed by atoms with E-state index in [4.69, 9.17) is 4.42 Å². The van der Waals surface area contributed by atoms with Gasteiger partial charge in [0, 0.05) is 11.3 Å². The first-order chi connectivity index (χ1) is 10.2. The number of nitrogens with one attached hydrogen (secondary N) is 1. The van der Waals surface area contributed by atoms with Gasteiger partial charge in [-0.15, -0.1) is 10.2 Å². The van der Waals surface area contributed by atoms with Gasteiger partial charge >= 0.3 is 0 Å². The molecule has 4 heteroatoms. The van der Waals surface area contributed by atoms with Crippen LogP contribution in [0.2, 0.25) is 0 Å². The van der Waals surface area contributed by atoms with E-state index >= 15 is 0 Å². The van der Waals surface area contributed by atoms with Gasteiger partial charge in [0.2, 0.25) is 11.8 Å². The van der Waals surface area contributed by atoms with Crippen molar-refractivity contribution in [2.24, 2.45) is 0 Å². The third-order valence-corrected chi connectivity index (χ3v) is 3.34. The minimum Gasteiger partial charge on any atom is -0.419 e. The Bertz CT molecular complexity index is 732. The Hall–Kier alpha value is -2.62. The number of hydrogen-bond acceptors (Lipinski definition) is 4. The lowest BCUT2D eigenvalue weighted by atomic mass is 10.1. The second kappa shape index (κ2) is 5.79. The van der Waals surface area contributed by atoms with E-state index in [1.807, 2.05) is 43.3 Å². The maximum absolute atomic E-state index is 5.71. The van der Waals surface area contributed by atoms with Gasteiger partial charge in [-0.05, 0) is 37.6 Å². The molecule has 0 aliphatic heterocycles. The van der Waals surface area contributed by atoms with Gasteiger partial charge in [-0.3, -0.25) is 0 Å². The quantitative estimate of drug-likeness (QED) is 0.785. The maximum atomic E-state index is 5.71. The summed E-state index contributed by atoms with van der Waals surface area (Å²) < 4.78 is 5.71. The van der Waals surface area contributed by atoms with Gasteiger partial charge < -0.3 is 9.73 Å². The molecule has 1 aromatic heterocycles. The van der Waals surface area contributed by atoms with Crippen molar-refractivity contribution in [3.05, 3.63) is 65.5 Å². The predicted octanol–water partition coefficient (Wildman–Crippen LogP) is 3.97. The van der Waals surface area contributed by atoms with E-state index in [0.717, 1.165) is 16.8 Å². The Balaban J connectivity index is 1.71. The fourth-order valence-corrected chi connectivity index (χ4v) is 2.10. The zero-order valence-corrected chi connectivity index (χ0v) is 12.1. The lowest BCUT2D eigenvalue weighted by Crippen LogP contribution is -1.99. The molecule has 0 spiro atoms. The summed E-state index contributed by atoms with van der Waals surface area (Å²) in [7, 11) is 0. The van der Waals surface area contributed by atoms with Crippen molar-refractivity contribution in [1.82, 2.24) is 10.2 Å². The van der Waals surface area contributed by atoms with E-state index in [0.29, 0.717) is 18.3 Å². The first-order valence-electron chi connectivity index (χ1n) is 6.91. The average Bonchev–Trinajstić information content (AvgIpc) is 2.96. The monoisotopic (exact) mass is 279 g/mol. The van der Waals surface area contributed by atoms with Crippen LogP contribution in [0.25, 0.3) is 11.5 Å². The second-order valence-corrected chi connectivity index (χ2v) is 5.04.